The van der Waals surface area contributed by atoms with Gasteiger partial charge in [0.2, 0.25) is 17.6 Å². The van der Waals surface area contributed by atoms with Gasteiger partial charge in [0.15, 0.2) is 0 Å². The van der Waals surface area contributed by atoms with E-state index in [1.54, 1.807) is 13.8 Å². The van der Waals surface area contributed by atoms with Gasteiger partial charge in [-0.3, -0.25) is 4.90 Å². The number of carbonyl (C=O) groups is 1. The number of benzene rings is 1. The third kappa shape index (κ3) is 4.64. The highest BCUT2D eigenvalue weighted by molar-refractivity contribution is 5.92. The van der Waals surface area contributed by atoms with Crippen LogP contribution in [-0.4, -0.2) is 53.9 Å². The summed E-state index contributed by atoms with van der Waals surface area (Å²) in [6.45, 7) is 6.49. The molecule has 4 rings (SSSR count). The Morgan fingerprint density at radius 2 is 2.15 bits per heavy atom. The van der Waals surface area contributed by atoms with E-state index in [1.165, 1.54) is 18.2 Å². The molecule has 2 aromatic rings. The maximum atomic E-state index is 14.8. The Balaban J connectivity index is 1.71. The van der Waals surface area contributed by atoms with Gasteiger partial charge in [0, 0.05) is 13.1 Å². The summed E-state index contributed by atoms with van der Waals surface area (Å²) in [6, 6.07) is 6.18. The minimum atomic E-state index is -0.906. The van der Waals surface area contributed by atoms with Crippen LogP contribution in [0.25, 0.3) is 11.4 Å². The molecule has 11 heteroatoms. The average molecular weight is 469 g/mol. The first-order valence-electron chi connectivity index (χ1n) is 10.8. The van der Waals surface area contributed by atoms with Crippen LogP contribution in [-0.2, 0) is 25.5 Å². The third-order valence-corrected chi connectivity index (χ3v) is 5.60. The van der Waals surface area contributed by atoms with Crippen LogP contribution < -0.4 is 5.73 Å². The second-order valence-corrected chi connectivity index (χ2v) is 7.75. The van der Waals surface area contributed by atoms with Gasteiger partial charge in [-0.1, -0.05) is 11.2 Å². The largest absolute Gasteiger partial charge is 0.463 e. The molecule has 1 aromatic heterocycles. The summed E-state index contributed by atoms with van der Waals surface area (Å²) < 4.78 is 36.1. The molecule has 0 aliphatic carbocycles. The lowest BCUT2D eigenvalue weighted by atomic mass is 9.82. The Morgan fingerprint density at radius 1 is 1.38 bits per heavy atom. The molecular weight excluding hydrogens is 445 g/mol. The van der Waals surface area contributed by atoms with E-state index in [0.29, 0.717) is 31.2 Å². The van der Waals surface area contributed by atoms with Gasteiger partial charge in [-0.2, -0.15) is 10.2 Å². The highest BCUT2D eigenvalue weighted by atomic mass is 19.1. The summed E-state index contributed by atoms with van der Waals surface area (Å²) in [5.41, 5.74) is 6.57. The van der Waals surface area contributed by atoms with Crippen LogP contribution in [0.1, 0.15) is 31.2 Å². The number of ether oxygens (including phenoxy) is 3. The number of nitrogens with two attached hydrogens (primary N) is 1. The lowest BCUT2D eigenvalue weighted by Crippen LogP contribution is -2.35. The third-order valence-electron chi connectivity index (χ3n) is 5.60. The van der Waals surface area contributed by atoms with E-state index in [0.717, 1.165) is 13.1 Å². The minimum absolute atomic E-state index is 0.0207. The van der Waals surface area contributed by atoms with Crippen molar-refractivity contribution in [1.82, 2.24) is 15.0 Å². The van der Waals surface area contributed by atoms with Crippen molar-refractivity contribution >= 4 is 5.97 Å². The summed E-state index contributed by atoms with van der Waals surface area (Å²) in [5, 5.41) is 13.7. The Hall–Kier alpha value is -3.75. The molecule has 0 amide bonds. The molecule has 2 aliphatic heterocycles. The summed E-state index contributed by atoms with van der Waals surface area (Å²) in [6.07, 6.45) is 0. The van der Waals surface area contributed by atoms with Crippen LogP contribution in [0.4, 0.5) is 4.39 Å². The highest BCUT2D eigenvalue weighted by Gasteiger charge is 2.36. The second-order valence-electron chi connectivity index (χ2n) is 7.75. The van der Waals surface area contributed by atoms with E-state index in [9.17, 15) is 14.4 Å². The molecule has 1 saturated heterocycles. The van der Waals surface area contributed by atoms with Gasteiger partial charge < -0.3 is 24.5 Å². The number of rotatable bonds is 6. The molecule has 1 fully saturated rings. The molecule has 34 heavy (non-hydrogen) atoms. The fourth-order valence-corrected chi connectivity index (χ4v) is 3.96. The van der Waals surface area contributed by atoms with E-state index in [-0.39, 0.29) is 40.8 Å². The SMILES string of the molecule is CCOC(=O)C1=C(C)OC(N)=C(C#N)C1c1ccc(F)c(-c2noc(CN3CCOCC3)n2)c1. The standard InChI is InChI=1S/C23H24FN5O5/c1-3-32-23(30)19-13(2)33-21(26)16(11-25)20(19)14-4-5-17(24)15(10-14)22-27-18(34-28-22)12-29-6-8-31-9-7-29/h4-5,10,20H,3,6-9,12,26H2,1-2H3. The van der Waals surface area contributed by atoms with Crippen LogP contribution in [0, 0.1) is 17.1 Å². The maximum absolute atomic E-state index is 14.8. The van der Waals surface area contributed by atoms with Gasteiger partial charge in [0.25, 0.3) is 0 Å². The molecule has 0 bridgehead atoms. The Morgan fingerprint density at radius 3 is 2.85 bits per heavy atom. The van der Waals surface area contributed by atoms with Crippen molar-refractivity contribution in [3.8, 4) is 17.5 Å². The quantitative estimate of drug-likeness (QED) is 0.628. The molecule has 178 valence electrons. The van der Waals surface area contributed by atoms with Crippen molar-refractivity contribution in [2.75, 3.05) is 32.9 Å². The number of allylic oxidation sites excluding steroid dienone is 2. The molecule has 0 saturated carbocycles. The smallest absolute Gasteiger partial charge is 0.338 e. The van der Waals surface area contributed by atoms with Crippen molar-refractivity contribution in [3.63, 3.8) is 0 Å². The van der Waals surface area contributed by atoms with Gasteiger partial charge in [0.05, 0.1) is 43.4 Å². The zero-order chi connectivity index (χ0) is 24.2. The van der Waals surface area contributed by atoms with Gasteiger partial charge in [-0.15, -0.1) is 0 Å². The first-order valence-corrected chi connectivity index (χ1v) is 10.8. The summed E-state index contributed by atoms with van der Waals surface area (Å²) in [7, 11) is 0. The molecule has 10 nitrogen and oxygen atoms in total. The molecule has 1 unspecified atom stereocenters. The normalized spacial score (nSPS) is 19.1. The number of carbonyl (C=O) groups excluding carboxylic acids is 1. The van der Waals surface area contributed by atoms with Crippen LogP contribution in [0.15, 0.2) is 45.5 Å². The topological polar surface area (TPSA) is 137 Å². The van der Waals surface area contributed by atoms with Gasteiger partial charge in [0.1, 0.15) is 23.2 Å². The molecule has 1 aromatic carbocycles. The van der Waals surface area contributed by atoms with Gasteiger partial charge in [-0.25, -0.2) is 9.18 Å². The van der Waals surface area contributed by atoms with Crippen LogP contribution in [0.3, 0.4) is 0 Å². The molecule has 2 aliphatic rings. The highest BCUT2D eigenvalue weighted by Crippen LogP contribution is 2.40. The van der Waals surface area contributed by atoms with Gasteiger partial charge >= 0.3 is 5.97 Å². The molecule has 2 N–H and O–H groups in total. The van der Waals surface area contributed by atoms with Crippen LogP contribution >= 0.6 is 0 Å². The van der Waals surface area contributed by atoms with Crippen molar-refractivity contribution in [1.29, 1.82) is 5.26 Å². The number of hydrogen-bond acceptors (Lipinski definition) is 10. The van der Waals surface area contributed by atoms with Crippen molar-refractivity contribution in [2.45, 2.75) is 26.3 Å². The number of nitrogens with zero attached hydrogens (tertiary/aromatic N) is 4. The second kappa shape index (κ2) is 10.0. The minimum Gasteiger partial charge on any atom is -0.463 e. The number of morpholine rings is 1. The predicted octanol–water partition coefficient (Wildman–Crippen LogP) is 2.35. The Kier molecular flexibility index (Phi) is 6.90. The zero-order valence-corrected chi connectivity index (χ0v) is 18.8. The van der Waals surface area contributed by atoms with Crippen molar-refractivity contribution < 1.29 is 27.9 Å². The lowest BCUT2D eigenvalue weighted by Gasteiger charge is -2.27. The van der Waals surface area contributed by atoms with Crippen molar-refractivity contribution in [2.24, 2.45) is 5.73 Å². The number of hydrogen-bond donors (Lipinski definition) is 1. The van der Waals surface area contributed by atoms with E-state index < -0.39 is 17.7 Å². The van der Waals surface area contributed by atoms with E-state index in [4.69, 9.17) is 24.5 Å². The monoisotopic (exact) mass is 469 g/mol. The lowest BCUT2D eigenvalue weighted by molar-refractivity contribution is -0.139. The summed E-state index contributed by atoms with van der Waals surface area (Å²) >= 11 is 0. The molecular formula is C23H24FN5O5. The Bertz CT molecular complexity index is 1190. The first-order chi connectivity index (χ1) is 16.4. The van der Waals surface area contributed by atoms with Gasteiger partial charge in [-0.05, 0) is 31.5 Å². The van der Waals surface area contributed by atoms with E-state index >= 15 is 0 Å². The number of nitriles is 1. The number of halogens is 1. The fourth-order valence-electron chi connectivity index (χ4n) is 3.96. The Labute approximate surface area is 195 Å². The summed E-state index contributed by atoms with van der Waals surface area (Å²) in [5.74, 6) is -1.65. The predicted molar refractivity (Wildman–Crippen MR) is 116 cm³/mol. The average Bonchev–Trinajstić information content (AvgIpc) is 3.28. The van der Waals surface area contributed by atoms with Crippen LogP contribution in [0.5, 0.6) is 0 Å². The maximum Gasteiger partial charge on any atom is 0.338 e. The van der Waals surface area contributed by atoms with E-state index in [1.807, 2.05) is 6.07 Å². The fraction of sp³-hybridized carbons (Fsp3) is 0.391. The molecule has 3 heterocycles. The molecule has 0 radical (unpaired) electrons. The van der Waals surface area contributed by atoms with Crippen LogP contribution in [0.2, 0.25) is 0 Å². The summed E-state index contributed by atoms with van der Waals surface area (Å²) in [4.78, 5) is 19.2. The zero-order valence-electron chi connectivity index (χ0n) is 18.8. The number of esters is 1. The van der Waals surface area contributed by atoms with Crippen molar-refractivity contribution in [3.05, 3.63) is 58.3 Å². The molecule has 0 spiro atoms. The van der Waals surface area contributed by atoms with E-state index in [2.05, 4.69) is 15.0 Å². The first kappa shape index (κ1) is 23.4. The number of aromatic nitrogens is 2. The molecule has 1 atom stereocenters.